The van der Waals surface area contributed by atoms with E-state index in [0.717, 1.165) is 48.3 Å². The molecule has 0 aliphatic carbocycles. The highest BCUT2D eigenvalue weighted by atomic mass is 16.2. The van der Waals surface area contributed by atoms with Crippen molar-refractivity contribution in [3.8, 4) is 11.3 Å². The van der Waals surface area contributed by atoms with Gasteiger partial charge < -0.3 is 9.47 Å². The molecule has 4 rings (SSSR count). The number of aromatic nitrogens is 1. The minimum Gasteiger partial charge on any atom is -0.331 e. The summed E-state index contributed by atoms with van der Waals surface area (Å²) in [4.78, 5) is 15.0. The summed E-state index contributed by atoms with van der Waals surface area (Å²) in [5, 5.41) is 3.18. The summed E-state index contributed by atoms with van der Waals surface area (Å²) in [7, 11) is 2.11. The number of hydrazine groups is 1. The van der Waals surface area contributed by atoms with Gasteiger partial charge in [0.05, 0.1) is 0 Å². The number of para-hydroxylation sites is 1. The summed E-state index contributed by atoms with van der Waals surface area (Å²) in [5.41, 5.74) is 6.34. The van der Waals surface area contributed by atoms with E-state index in [1.165, 1.54) is 0 Å². The standard InChI is InChI=1S/C21H24N4O/c1-23-11-13-24(14-12-23)22-21(26)16-25-19-10-6-5-9-18(19)15-20(25)17-7-3-2-4-8-17/h2-10,15H,11-14,16H2,1H3,(H,22,26). The van der Waals surface area contributed by atoms with Gasteiger partial charge in [0.1, 0.15) is 6.54 Å². The van der Waals surface area contributed by atoms with Gasteiger partial charge in [0, 0.05) is 42.8 Å². The number of nitrogens with zero attached hydrogens (tertiary/aromatic N) is 3. The lowest BCUT2D eigenvalue weighted by Crippen LogP contribution is -2.53. The third-order valence-corrected chi connectivity index (χ3v) is 4.97. The highest BCUT2D eigenvalue weighted by molar-refractivity contribution is 5.89. The number of hydrogen-bond acceptors (Lipinski definition) is 3. The molecule has 134 valence electrons. The maximum Gasteiger partial charge on any atom is 0.254 e. The van der Waals surface area contributed by atoms with Crippen LogP contribution in [0.4, 0.5) is 0 Å². The van der Waals surface area contributed by atoms with Crippen molar-refractivity contribution >= 4 is 16.8 Å². The first-order valence-electron chi connectivity index (χ1n) is 9.07. The van der Waals surface area contributed by atoms with Crippen LogP contribution in [0.5, 0.6) is 0 Å². The van der Waals surface area contributed by atoms with Crippen LogP contribution in [0, 0.1) is 0 Å². The zero-order chi connectivity index (χ0) is 17.9. The SMILES string of the molecule is CN1CCN(NC(=O)Cn2c(-c3ccccc3)cc3ccccc32)CC1. The molecular weight excluding hydrogens is 324 g/mol. The van der Waals surface area contributed by atoms with E-state index >= 15 is 0 Å². The first-order valence-corrected chi connectivity index (χ1v) is 9.07. The molecule has 2 aromatic carbocycles. The van der Waals surface area contributed by atoms with Crippen LogP contribution in [0.3, 0.4) is 0 Å². The predicted octanol–water partition coefficient (Wildman–Crippen LogP) is 2.59. The molecule has 1 N–H and O–H groups in total. The molecule has 0 saturated carbocycles. The van der Waals surface area contributed by atoms with Crippen LogP contribution < -0.4 is 5.43 Å². The molecule has 0 unspecified atom stereocenters. The summed E-state index contributed by atoms with van der Waals surface area (Å²) >= 11 is 0. The van der Waals surface area contributed by atoms with E-state index in [1.54, 1.807) is 0 Å². The van der Waals surface area contributed by atoms with E-state index in [4.69, 9.17) is 0 Å². The van der Waals surface area contributed by atoms with E-state index < -0.39 is 0 Å². The van der Waals surface area contributed by atoms with Crippen molar-refractivity contribution in [3.05, 3.63) is 60.7 Å². The largest absolute Gasteiger partial charge is 0.331 e. The lowest BCUT2D eigenvalue weighted by atomic mass is 10.1. The zero-order valence-corrected chi connectivity index (χ0v) is 15.1. The molecular formula is C21H24N4O. The Hall–Kier alpha value is -2.63. The first-order chi connectivity index (χ1) is 12.7. The Kier molecular flexibility index (Phi) is 4.73. The van der Waals surface area contributed by atoms with Crippen LogP contribution in [0.25, 0.3) is 22.2 Å². The van der Waals surface area contributed by atoms with Crippen molar-refractivity contribution in [2.75, 3.05) is 33.2 Å². The zero-order valence-electron chi connectivity index (χ0n) is 15.1. The average molecular weight is 348 g/mol. The fraction of sp³-hybridized carbons (Fsp3) is 0.286. The fourth-order valence-corrected chi connectivity index (χ4v) is 3.50. The van der Waals surface area contributed by atoms with Crippen LogP contribution >= 0.6 is 0 Å². The molecule has 2 heterocycles. The number of amides is 1. The molecule has 0 radical (unpaired) electrons. The summed E-state index contributed by atoms with van der Waals surface area (Å²) in [6.07, 6.45) is 0. The normalized spacial score (nSPS) is 16.0. The van der Waals surface area contributed by atoms with Gasteiger partial charge in [-0.3, -0.25) is 10.2 Å². The van der Waals surface area contributed by atoms with Gasteiger partial charge in [-0.1, -0.05) is 48.5 Å². The minimum atomic E-state index is 0.0214. The molecule has 1 aliphatic heterocycles. The number of hydrogen-bond donors (Lipinski definition) is 1. The Balaban J connectivity index is 1.60. The maximum atomic E-state index is 12.7. The second-order valence-corrected chi connectivity index (χ2v) is 6.87. The average Bonchev–Trinajstić information content (AvgIpc) is 3.03. The lowest BCUT2D eigenvalue weighted by molar-refractivity contribution is -0.127. The summed E-state index contributed by atoms with van der Waals surface area (Å²) < 4.78 is 2.11. The number of nitrogens with one attached hydrogen (secondary N) is 1. The van der Waals surface area contributed by atoms with Gasteiger partial charge in [-0.15, -0.1) is 0 Å². The molecule has 1 aliphatic rings. The van der Waals surface area contributed by atoms with Crippen LogP contribution in [0.2, 0.25) is 0 Å². The number of fused-ring (bicyclic) bond motifs is 1. The highest BCUT2D eigenvalue weighted by Crippen LogP contribution is 2.28. The smallest absolute Gasteiger partial charge is 0.254 e. The van der Waals surface area contributed by atoms with Crippen molar-refractivity contribution < 1.29 is 4.79 Å². The van der Waals surface area contributed by atoms with Crippen molar-refractivity contribution in [1.82, 2.24) is 19.9 Å². The maximum absolute atomic E-state index is 12.7. The third kappa shape index (κ3) is 3.49. The molecule has 3 aromatic rings. The quantitative estimate of drug-likeness (QED) is 0.788. The Bertz CT molecular complexity index is 895. The predicted molar refractivity (Wildman–Crippen MR) is 105 cm³/mol. The van der Waals surface area contributed by atoms with Gasteiger partial charge in [0.2, 0.25) is 0 Å². The van der Waals surface area contributed by atoms with Crippen molar-refractivity contribution in [2.45, 2.75) is 6.54 Å². The molecule has 1 amide bonds. The minimum absolute atomic E-state index is 0.0214. The molecule has 0 atom stereocenters. The first kappa shape index (κ1) is 16.8. The van der Waals surface area contributed by atoms with Gasteiger partial charge >= 0.3 is 0 Å². The number of carbonyl (C=O) groups excluding carboxylic acids is 1. The molecule has 26 heavy (non-hydrogen) atoms. The Labute approximate surface area is 153 Å². The molecule has 1 fully saturated rings. The number of carbonyl (C=O) groups is 1. The van der Waals surface area contributed by atoms with E-state index in [1.807, 2.05) is 35.3 Å². The van der Waals surface area contributed by atoms with Crippen LogP contribution in [-0.4, -0.2) is 53.6 Å². The molecule has 5 heteroatoms. The Morgan fingerprint density at radius 3 is 2.42 bits per heavy atom. The number of piperazine rings is 1. The Morgan fingerprint density at radius 1 is 0.962 bits per heavy atom. The molecule has 1 aromatic heterocycles. The topological polar surface area (TPSA) is 40.5 Å². The second-order valence-electron chi connectivity index (χ2n) is 6.87. The van der Waals surface area contributed by atoms with Crippen molar-refractivity contribution in [1.29, 1.82) is 0 Å². The van der Waals surface area contributed by atoms with Crippen LogP contribution in [0.1, 0.15) is 0 Å². The molecule has 5 nitrogen and oxygen atoms in total. The summed E-state index contributed by atoms with van der Waals surface area (Å²) in [5.74, 6) is 0.0214. The monoisotopic (exact) mass is 348 g/mol. The van der Waals surface area contributed by atoms with E-state index in [9.17, 15) is 4.79 Å². The van der Waals surface area contributed by atoms with Gasteiger partial charge in [0.15, 0.2) is 0 Å². The number of rotatable bonds is 4. The van der Waals surface area contributed by atoms with Crippen LogP contribution in [-0.2, 0) is 11.3 Å². The highest BCUT2D eigenvalue weighted by Gasteiger charge is 2.18. The van der Waals surface area contributed by atoms with Crippen molar-refractivity contribution in [3.63, 3.8) is 0 Å². The molecule has 0 spiro atoms. The number of benzene rings is 2. The van der Waals surface area contributed by atoms with Gasteiger partial charge in [-0.2, -0.15) is 0 Å². The molecule has 0 bridgehead atoms. The number of likely N-dealkylation sites (N-methyl/N-ethyl adjacent to an activating group) is 1. The third-order valence-electron chi connectivity index (χ3n) is 4.97. The van der Waals surface area contributed by atoms with Gasteiger partial charge in [-0.05, 0) is 24.7 Å². The lowest BCUT2D eigenvalue weighted by Gasteiger charge is -2.32. The van der Waals surface area contributed by atoms with Crippen LogP contribution in [0.15, 0.2) is 60.7 Å². The summed E-state index contributed by atoms with van der Waals surface area (Å²) in [6, 6.07) is 20.6. The van der Waals surface area contributed by atoms with E-state index in [-0.39, 0.29) is 5.91 Å². The van der Waals surface area contributed by atoms with Crippen molar-refractivity contribution in [2.24, 2.45) is 0 Å². The van der Waals surface area contributed by atoms with E-state index in [0.29, 0.717) is 6.54 Å². The summed E-state index contributed by atoms with van der Waals surface area (Å²) in [6.45, 7) is 3.98. The van der Waals surface area contributed by atoms with Gasteiger partial charge in [-0.25, -0.2) is 5.01 Å². The van der Waals surface area contributed by atoms with Gasteiger partial charge in [0.25, 0.3) is 5.91 Å². The van der Waals surface area contributed by atoms with E-state index in [2.05, 4.69) is 52.3 Å². The fourth-order valence-electron chi connectivity index (χ4n) is 3.50. The Morgan fingerprint density at radius 2 is 1.65 bits per heavy atom. The second kappa shape index (κ2) is 7.32. The molecule has 1 saturated heterocycles.